The highest BCUT2D eigenvalue weighted by molar-refractivity contribution is 9.10. The van der Waals surface area contributed by atoms with Crippen molar-refractivity contribution >= 4 is 21.6 Å². The van der Waals surface area contributed by atoms with E-state index in [1.54, 1.807) is 0 Å². The molecule has 1 N–H and O–H groups in total. The lowest BCUT2D eigenvalue weighted by Gasteiger charge is -2.14. The minimum Gasteiger partial charge on any atom is -0.491 e. The summed E-state index contributed by atoms with van der Waals surface area (Å²) >= 11 is 3.57. The summed E-state index contributed by atoms with van der Waals surface area (Å²) < 4.78 is 6.83. The molecule has 0 amide bonds. The second-order valence-corrected chi connectivity index (χ2v) is 5.94. The SMILES string of the molecule is Cc1cc(OC(C)C)ccc1NCc1ccccc1Br. The fourth-order valence-corrected chi connectivity index (χ4v) is 2.44. The van der Waals surface area contributed by atoms with Crippen molar-refractivity contribution in [2.75, 3.05) is 5.32 Å². The smallest absolute Gasteiger partial charge is 0.120 e. The molecule has 0 aliphatic carbocycles. The van der Waals surface area contributed by atoms with Gasteiger partial charge in [0.2, 0.25) is 0 Å². The Morgan fingerprint density at radius 1 is 1.15 bits per heavy atom. The molecule has 0 fully saturated rings. The molecule has 0 saturated heterocycles. The lowest BCUT2D eigenvalue weighted by Crippen LogP contribution is -2.06. The summed E-state index contributed by atoms with van der Waals surface area (Å²) in [5.74, 6) is 0.920. The first-order chi connectivity index (χ1) is 9.56. The van der Waals surface area contributed by atoms with Gasteiger partial charge in [0.25, 0.3) is 0 Å². The topological polar surface area (TPSA) is 21.3 Å². The number of aryl methyl sites for hydroxylation is 1. The molecule has 0 spiro atoms. The van der Waals surface area contributed by atoms with Gasteiger partial charge in [-0.2, -0.15) is 0 Å². The van der Waals surface area contributed by atoms with Crippen LogP contribution in [0.3, 0.4) is 0 Å². The molecular formula is C17H20BrNO. The zero-order valence-corrected chi connectivity index (χ0v) is 13.7. The molecule has 0 atom stereocenters. The predicted octanol–water partition coefficient (Wildman–Crippen LogP) is 5.16. The summed E-state index contributed by atoms with van der Waals surface area (Å²) in [4.78, 5) is 0. The van der Waals surface area contributed by atoms with E-state index < -0.39 is 0 Å². The first-order valence-corrected chi connectivity index (χ1v) is 7.60. The first kappa shape index (κ1) is 14.9. The number of nitrogens with one attached hydrogen (secondary N) is 1. The number of halogens is 1. The highest BCUT2D eigenvalue weighted by atomic mass is 79.9. The van der Waals surface area contributed by atoms with Gasteiger partial charge in [0.1, 0.15) is 5.75 Å². The maximum absolute atomic E-state index is 5.70. The lowest BCUT2D eigenvalue weighted by molar-refractivity contribution is 0.242. The Morgan fingerprint density at radius 2 is 1.90 bits per heavy atom. The second-order valence-electron chi connectivity index (χ2n) is 5.09. The molecule has 2 aromatic carbocycles. The van der Waals surface area contributed by atoms with Gasteiger partial charge < -0.3 is 10.1 Å². The zero-order valence-electron chi connectivity index (χ0n) is 12.1. The van der Waals surface area contributed by atoms with Crippen LogP contribution in [0.15, 0.2) is 46.9 Å². The number of ether oxygens (including phenoxy) is 1. The van der Waals surface area contributed by atoms with Crippen LogP contribution in [0.25, 0.3) is 0 Å². The maximum Gasteiger partial charge on any atom is 0.120 e. The van der Waals surface area contributed by atoms with Crippen molar-refractivity contribution in [3.05, 3.63) is 58.1 Å². The molecule has 0 unspecified atom stereocenters. The highest BCUT2D eigenvalue weighted by Gasteiger charge is 2.04. The molecule has 106 valence electrons. The number of hydrogen-bond acceptors (Lipinski definition) is 2. The Morgan fingerprint density at radius 3 is 2.55 bits per heavy atom. The molecule has 20 heavy (non-hydrogen) atoms. The monoisotopic (exact) mass is 333 g/mol. The van der Waals surface area contributed by atoms with Gasteiger partial charge in [-0.05, 0) is 56.2 Å². The second kappa shape index (κ2) is 6.80. The Kier molecular flexibility index (Phi) is 5.07. The van der Waals surface area contributed by atoms with Gasteiger partial charge in [0.05, 0.1) is 6.10 Å². The van der Waals surface area contributed by atoms with Crippen molar-refractivity contribution in [3.8, 4) is 5.75 Å². The van der Waals surface area contributed by atoms with Gasteiger partial charge in [-0.25, -0.2) is 0 Å². The molecule has 0 radical (unpaired) electrons. The third kappa shape index (κ3) is 4.01. The Labute approximate surface area is 129 Å². The molecule has 2 rings (SSSR count). The Balaban J connectivity index is 2.05. The predicted molar refractivity (Wildman–Crippen MR) is 88.4 cm³/mol. The number of rotatable bonds is 5. The van der Waals surface area contributed by atoms with Crippen LogP contribution in [-0.2, 0) is 6.54 Å². The van der Waals surface area contributed by atoms with Crippen molar-refractivity contribution in [2.24, 2.45) is 0 Å². The summed E-state index contributed by atoms with van der Waals surface area (Å²) in [7, 11) is 0. The largest absolute Gasteiger partial charge is 0.491 e. The van der Waals surface area contributed by atoms with E-state index >= 15 is 0 Å². The molecule has 0 aliphatic rings. The van der Waals surface area contributed by atoms with Crippen molar-refractivity contribution in [2.45, 2.75) is 33.4 Å². The van der Waals surface area contributed by atoms with Crippen LogP contribution >= 0.6 is 15.9 Å². The fraction of sp³-hybridized carbons (Fsp3) is 0.294. The minimum atomic E-state index is 0.202. The van der Waals surface area contributed by atoms with Crippen LogP contribution in [0.1, 0.15) is 25.0 Å². The van der Waals surface area contributed by atoms with Gasteiger partial charge >= 0.3 is 0 Å². The van der Waals surface area contributed by atoms with Gasteiger partial charge in [-0.15, -0.1) is 0 Å². The van der Waals surface area contributed by atoms with Crippen LogP contribution < -0.4 is 10.1 Å². The van der Waals surface area contributed by atoms with Crippen molar-refractivity contribution in [3.63, 3.8) is 0 Å². The van der Waals surface area contributed by atoms with E-state index in [1.165, 1.54) is 11.1 Å². The molecule has 0 saturated carbocycles. The standard InChI is InChI=1S/C17H20BrNO/c1-12(2)20-15-8-9-17(13(3)10-15)19-11-14-6-4-5-7-16(14)18/h4-10,12,19H,11H2,1-3H3. The van der Waals surface area contributed by atoms with Crippen LogP contribution in [0.4, 0.5) is 5.69 Å². The van der Waals surface area contributed by atoms with Crippen molar-refractivity contribution in [1.29, 1.82) is 0 Å². The number of anilines is 1. The van der Waals surface area contributed by atoms with Crippen LogP contribution in [0, 0.1) is 6.92 Å². The van der Waals surface area contributed by atoms with Gasteiger partial charge in [0.15, 0.2) is 0 Å². The molecule has 0 heterocycles. The van der Waals surface area contributed by atoms with Gasteiger partial charge in [0, 0.05) is 16.7 Å². The third-order valence-electron chi connectivity index (χ3n) is 3.00. The van der Waals surface area contributed by atoms with E-state index in [-0.39, 0.29) is 6.10 Å². The number of hydrogen-bond donors (Lipinski definition) is 1. The molecule has 2 nitrogen and oxygen atoms in total. The molecule has 0 aliphatic heterocycles. The van der Waals surface area contributed by atoms with E-state index in [0.717, 1.165) is 22.5 Å². The average molecular weight is 334 g/mol. The summed E-state index contributed by atoms with van der Waals surface area (Å²) in [5, 5.41) is 3.47. The molecule has 3 heteroatoms. The average Bonchev–Trinajstić information content (AvgIpc) is 2.39. The summed E-state index contributed by atoms with van der Waals surface area (Å²) in [6.07, 6.45) is 0.202. The van der Waals surface area contributed by atoms with E-state index in [1.807, 2.05) is 32.0 Å². The Hall–Kier alpha value is -1.48. The Bertz CT molecular complexity index is 581. The first-order valence-electron chi connectivity index (χ1n) is 6.81. The maximum atomic E-state index is 5.70. The minimum absolute atomic E-state index is 0.202. The lowest BCUT2D eigenvalue weighted by atomic mass is 10.1. The molecule has 2 aromatic rings. The summed E-state index contributed by atoms with van der Waals surface area (Å²) in [5.41, 5.74) is 3.57. The van der Waals surface area contributed by atoms with E-state index in [9.17, 15) is 0 Å². The van der Waals surface area contributed by atoms with Crippen LogP contribution in [0.2, 0.25) is 0 Å². The summed E-state index contributed by atoms with van der Waals surface area (Å²) in [6.45, 7) is 6.96. The molecule has 0 bridgehead atoms. The van der Waals surface area contributed by atoms with E-state index in [2.05, 4.69) is 52.4 Å². The zero-order chi connectivity index (χ0) is 14.5. The van der Waals surface area contributed by atoms with Gasteiger partial charge in [-0.3, -0.25) is 0 Å². The normalized spacial score (nSPS) is 10.7. The summed E-state index contributed by atoms with van der Waals surface area (Å²) in [6, 6.07) is 14.4. The van der Waals surface area contributed by atoms with Crippen molar-refractivity contribution < 1.29 is 4.74 Å². The van der Waals surface area contributed by atoms with Crippen LogP contribution in [0.5, 0.6) is 5.75 Å². The highest BCUT2D eigenvalue weighted by Crippen LogP contribution is 2.24. The van der Waals surface area contributed by atoms with Crippen LogP contribution in [-0.4, -0.2) is 6.10 Å². The van der Waals surface area contributed by atoms with Crippen molar-refractivity contribution in [1.82, 2.24) is 0 Å². The fourth-order valence-electron chi connectivity index (χ4n) is 2.01. The van der Waals surface area contributed by atoms with E-state index in [4.69, 9.17) is 4.74 Å². The number of benzene rings is 2. The molecule has 0 aromatic heterocycles. The quantitative estimate of drug-likeness (QED) is 0.816. The van der Waals surface area contributed by atoms with E-state index in [0.29, 0.717) is 0 Å². The third-order valence-corrected chi connectivity index (χ3v) is 3.77. The molecular weight excluding hydrogens is 314 g/mol. The van der Waals surface area contributed by atoms with Gasteiger partial charge in [-0.1, -0.05) is 34.1 Å².